The zero-order valence-electron chi connectivity index (χ0n) is 22.8. The summed E-state index contributed by atoms with van der Waals surface area (Å²) in [5.74, 6) is 0.0968. The van der Waals surface area contributed by atoms with Crippen LogP contribution in [0.3, 0.4) is 0 Å². The molecule has 0 radical (unpaired) electrons. The van der Waals surface area contributed by atoms with Gasteiger partial charge in [0.15, 0.2) is 0 Å². The number of carboxylic acids is 2. The summed E-state index contributed by atoms with van der Waals surface area (Å²) in [6.07, 6.45) is 16.4. The molecule has 0 aromatic heterocycles. The second kappa shape index (κ2) is 7.04. The predicted molar refractivity (Wildman–Crippen MR) is 146 cm³/mol. The van der Waals surface area contributed by atoms with Crippen molar-refractivity contribution in [3.63, 3.8) is 0 Å². The highest BCUT2D eigenvalue weighted by atomic mass is 16.4. The maximum absolute atomic E-state index is 12.3. The van der Waals surface area contributed by atoms with Crippen LogP contribution in [0.15, 0.2) is 30.3 Å². The van der Waals surface area contributed by atoms with Crippen molar-refractivity contribution in [3.05, 3.63) is 47.0 Å². The third-order valence-electron chi connectivity index (χ3n) is 12.9. The van der Waals surface area contributed by atoms with E-state index in [1.165, 1.54) is 88.7 Å². The summed E-state index contributed by atoms with van der Waals surface area (Å²) in [5.41, 5.74) is 3.09. The number of carboxylic acid groups (broad SMARTS) is 2. The molecule has 4 unspecified atom stereocenters. The lowest BCUT2D eigenvalue weighted by molar-refractivity contribution is -0.242. The van der Waals surface area contributed by atoms with E-state index in [4.69, 9.17) is 0 Å². The lowest BCUT2D eigenvalue weighted by atomic mass is 9.29. The first kappa shape index (κ1) is 23.5. The van der Waals surface area contributed by atoms with Crippen LogP contribution >= 0.6 is 0 Å². The van der Waals surface area contributed by atoms with Gasteiger partial charge in [-0.3, -0.25) is 0 Å². The van der Waals surface area contributed by atoms with Crippen LogP contribution in [-0.4, -0.2) is 22.2 Å². The van der Waals surface area contributed by atoms with Gasteiger partial charge in [0.05, 0.1) is 11.1 Å². The molecule has 0 amide bonds. The summed E-state index contributed by atoms with van der Waals surface area (Å²) in [7, 11) is 0. The van der Waals surface area contributed by atoms with Gasteiger partial charge in [-0.1, -0.05) is 38.1 Å². The first-order valence-electron chi connectivity index (χ1n) is 15.0. The number of fused-ring (bicyclic) bond motifs is 1. The Kier molecular flexibility index (Phi) is 4.36. The topological polar surface area (TPSA) is 74.6 Å². The molecule has 200 valence electrons. The average Bonchev–Trinajstić information content (AvgIpc) is 2.79. The molecule has 38 heavy (non-hydrogen) atoms. The van der Waals surface area contributed by atoms with Gasteiger partial charge >= 0.3 is 11.9 Å². The van der Waals surface area contributed by atoms with Gasteiger partial charge in [-0.15, -0.1) is 0 Å². The van der Waals surface area contributed by atoms with Crippen molar-refractivity contribution >= 4 is 22.7 Å². The van der Waals surface area contributed by atoms with Crippen LogP contribution in [0.4, 0.5) is 0 Å². The first-order valence-corrected chi connectivity index (χ1v) is 15.0. The molecule has 8 fully saturated rings. The van der Waals surface area contributed by atoms with E-state index < -0.39 is 11.9 Å². The summed E-state index contributed by atoms with van der Waals surface area (Å²) in [6, 6.07) is 9.53. The van der Waals surface area contributed by atoms with Gasteiger partial charge in [0.1, 0.15) is 0 Å². The third-order valence-corrected chi connectivity index (χ3v) is 12.9. The summed E-state index contributed by atoms with van der Waals surface area (Å²) in [6.45, 7) is 5.22. The minimum absolute atomic E-state index is 0.0572. The van der Waals surface area contributed by atoms with Gasteiger partial charge in [0, 0.05) is 0 Å². The number of rotatable bonds is 4. The molecule has 0 saturated heterocycles. The molecular weight excluding hydrogens is 472 g/mol. The van der Waals surface area contributed by atoms with Gasteiger partial charge in [0.25, 0.3) is 0 Å². The molecule has 4 atom stereocenters. The second-order valence-corrected chi connectivity index (χ2v) is 15.9. The van der Waals surface area contributed by atoms with Crippen molar-refractivity contribution < 1.29 is 19.8 Å². The molecule has 2 aromatic rings. The maximum atomic E-state index is 12.3. The van der Waals surface area contributed by atoms with Crippen molar-refractivity contribution in [2.75, 3.05) is 0 Å². The molecule has 4 heteroatoms. The smallest absolute Gasteiger partial charge is 0.337 e. The third kappa shape index (κ3) is 2.93. The van der Waals surface area contributed by atoms with Gasteiger partial charge in [-0.05, 0) is 144 Å². The number of aromatic carboxylic acids is 2. The molecule has 2 aromatic carbocycles. The zero-order valence-corrected chi connectivity index (χ0v) is 22.8. The molecule has 8 saturated carbocycles. The second-order valence-electron chi connectivity index (χ2n) is 15.9. The van der Waals surface area contributed by atoms with E-state index in [1.54, 1.807) is 0 Å². The van der Waals surface area contributed by atoms with E-state index in [0.717, 1.165) is 23.1 Å². The first-order chi connectivity index (χ1) is 18.0. The van der Waals surface area contributed by atoms with E-state index >= 15 is 0 Å². The molecule has 0 heterocycles. The average molecular weight is 513 g/mol. The molecule has 8 aliphatic rings. The highest BCUT2D eigenvalue weighted by Crippen LogP contribution is 2.80. The molecule has 0 spiro atoms. The normalized spacial score (nSPS) is 46.1. The van der Waals surface area contributed by atoms with E-state index in [9.17, 15) is 19.8 Å². The van der Waals surface area contributed by atoms with Gasteiger partial charge < -0.3 is 10.2 Å². The Balaban J connectivity index is 1.29. The predicted octanol–water partition coefficient (Wildman–Crippen LogP) is 8.07. The Hall–Kier alpha value is -2.36. The minimum atomic E-state index is -1.17. The molecule has 8 aliphatic carbocycles. The monoisotopic (exact) mass is 512 g/mol. The number of hydrogen-bond acceptors (Lipinski definition) is 2. The maximum Gasteiger partial charge on any atom is 0.337 e. The number of benzene rings is 2. The lowest BCUT2D eigenvalue weighted by Crippen LogP contribution is -2.66. The van der Waals surface area contributed by atoms with Crippen LogP contribution in [0.25, 0.3) is 10.8 Å². The van der Waals surface area contributed by atoms with Crippen molar-refractivity contribution in [2.45, 2.75) is 96.3 Å². The van der Waals surface area contributed by atoms with Crippen LogP contribution in [0.2, 0.25) is 0 Å². The molecule has 4 nitrogen and oxygen atoms in total. The van der Waals surface area contributed by atoms with Crippen molar-refractivity contribution in [1.82, 2.24) is 0 Å². The SMILES string of the molecule is CC12CC3CC(C)(C1)CC(C14CC5CC(CC(c6cccc7c(C(=O)O)c(C(=O)O)ccc67)(C5)C1)C4)(C3)C2. The van der Waals surface area contributed by atoms with Gasteiger partial charge in [0.2, 0.25) is 0 Å². The molecule has 8 bridgehead atoms. The van der Waals surface area contributed by atoms with E-state index in [-0.39, 0.29) is 16.5 Å². The summed E-state index contributed by atoms with van der Waals surface area (Å²) in [5, 5.41) is 21.4. The van der Waals surface area contributed by atoms with Crippen LogP contribution in [0.5, 0.6) is 0 Å². The summed E-state index contributed by atoms with van der Waals surface area (Å²) in [4.78, 5) is 24.2. The standard InChI is InChI=1S/C34H40O4/c1-30-9-22-10-31(2,16-30)18-34(15-22,17-30)33-13-20-8-21(14-33)12-32(11-20,19-33)26-5-3-4-24-23(26)6-7-25(28(35)36)27(24)29(37)38/h3-7,20-22H,8-19H2,1-2H3,(H,35,36)(H,37,38). The lowest BCUT2D eigenvalue weighted by Gasteiger charge is -2.75. The molecule has 2 N–H and O–H groups in total. The van der Waals surface area contributed by atoms with Crippen molar-refractivity contribution in [3.8, 4) is 0 Å². The fourth-order valence-electron chi connectivity index (χ4n) is 13.5. The highest BCUT2D eigenvalue weighted by Gasteiger charge is 2.71. The van der Waals surface area contributed by atoms with E-state index in [0.29, 0.717) is 27.0 Å². The quantitative estimate of drug-likeness (QED) is 0.434. The van der Waals surface area contributed by atoms with Gasteiger partial charge in [-0.2, -0.15) is 0 Å². The molecule has 10 rings (SSSR count). The Morgan fingerprint density at radius 3 is 1.95 bits per heavy atom. The van der Waals surface area contributed by atoms with E-state index in [2.05, 4.69) is 19.9 Å². The Morgan fingerprint density at radius 2 is 1.34 bits per heavy atom. The fraction of sp³-hybridized carbons (Fsp3) is 0.647. The van der Waals surface area contributed by atoms with Crippen LogP contribution in [0, 0.1) is 39.4 Å². The van der Waals surface area contributed by atoms with Crippen molar-refractivity contribution in [2.24, 2.45) is 39.4 Å². The van der Waals surface area contributed by atoms with Crippen molar-refractivity contribution in [1.29, 1.82) is 0 Å². The van der Waals surface area contributed by atoms with Crippen LogP contribution in [0.1, 0.15) is 117 Å². The Bertz CT molecular complexity index is 1390. The van der Waals surface area contributed by atoms with Crippen LogP contribution < -0.4 is 0 Å². The number of hydrogen-bond donors (Lipinski definition) is 2. The fourth-order valence-corrected chi connectivity index (χ4v) is 13.5. The molecular formula is C34H40O4. The zero-order chi connectivity index (χ0) is 26.3. The van der Waals surface area contributed by atoms with Gasteiger partial charge in [-0.25, -0.2) is 9.59 Å². The van der Waals surface area contributed by atoms with Crippen LogP contribution in [-0.2, 0) is 5.41 Å². The number of carbonyl (C=O) groups is 2. The largest absolute Gasteiger partial charge is 0.478 e. The summed E-state index contributed by atoms with van der Waals surface area (Å²) >= 11 is 0. The minimum Gasteiger partial charge on any atom is -0.478 e. The Labute approximate surface area is 225 Å². The summed E-state index contributed by atoms with van der Waals surface area (Å²) < 4.78 is 0. The molecule has 0 aliphatic heterocycles. The Morgan fingerprint density at radius 1 is 0.684 bits per heavy atom. The van der Waals surface area contributed by atoms with E-state index in [1.807, 2.05) is 18.2 Å². The highest BCUT2D eigenvalue weighted by molar-refractivity contribution is 6.12.